The van der Waals surface area contributed by atoms with Crippen molar-refractivity contribution in [2.24, 2.45) is 0 Å². The van der Waals surface area contributed by atoms with E-state index in [9.17, 15) is 18.0 Å². The van der Waals surface area contributed by atoms with Gasteiger partial charge in [0.25, 0.3) is 0 Å². The topological polar surface area (TPSA) is 48.5 Å². The number of halogens is 4. The molecule has 0 unspecified atom stereocenters. The van der Waals surface area contributed by atoms with Crippen LogP contribution in [0.5, 0.6) is 0 Å². The maximum Gasteiger partial charge on any atom is 0.446 e. The van der Waals surface area contributed by atoms with E-state index in [-0.39, 0.29) is 22.7 Å². The lowest BCUT2D eigenvalue weighted by Crippen LogP contribution is -2.50. The second kappa shape index (κ2) is 8.52. The molecule has 1 aliphatic rings. The number of nitrogens with zero attached hydrogens (tertiary/aromatic N) is 3. The van der Waals surface area contributed by atoms with Gasteiger partial charge in [0, 0.05) is 41.8 Å². The zero-order valence-corrected chi connectivity index (χ0v) is 17.8. The lowest BCUT2D eigenvalue weighted by Gasteiger charge is -2.34. The number of hydrogen-bond donors (Lipinski definition) is 1. The number of piperazine rings is 1. The molecule has 1 N–H and O–H groups in total. The van der Waals surface area contributed by atoms with Crippen LogP contribution in [0.25, 0.3) is 10.2 Å². The average molecular weight is 473 g/mol. The summed E-state index contributed by atoms with van der Waals surface area (Å²) >= 11 is 7.41. The number of rotatable bonds is 3. The zero-order valence-electron chi connectivity index (χ0n) is 15.4. The molecule has 11 heteroatoms. The fraction of sp³-hybridized carbons (Fsp3) is 0.263. The molecule has 0 bridgehead atoms. The van der Waals surface area contributed by atoms with Crippen LogP contribution < -0.4 is 10.2 Å². The molecule has 3 aromatic rings. The van der Waals surface area contributed by atoms with E-state index in [2.05, 4.69) is 15.2 Å². The lowest BCUT2D eigenvalue weighted by molar-refractivity contribution is -0.0328. The zero-order chi connectivity index (χ0) is 21.3. The third-order valence-corrected chi connectivity index (χ3v) is 6.57. The second-order valence-corrected chi connectivity index (χ2v) is 9.17. The maximum atomic E-state index is 12.5. The summed E-state index contributed by atoms with van der Waals surface area (Å²) in [6, 6.07) is 10.9. The minimum Gasteiger partial charge on any atom is -0.345 e. The average Bonchev–Trinajstić information content (AvgIpc) is 3.11. The van der Waals surface area contributed by atoms with Crippen LogP contribution in [0, 0.1) is 0 Å². The van der Waals surface area contributed by atoms with Gasteiger partial charge in [-0.2, -0.15) is 13.2 Å². The Balaban J connectivity index is 1.32. The number of fused-ring (bicyclic) bond motifs is 1. The summed E-state index contributed by atoms with van der Waals surface area (Å²) in [6.07, 6.45) is 0. The van der Waals surface area contributed by atoms with Crippen molar-refractivity contribution < 1.29 is 18.0 Å². The van der Waals surface area contributed by atoms with E-state index >= 15 is 0 Å². The number of aromatic nitrogens is 1. The Morgan fingerprint density at radius 1 is 1.10 bits per heavy atom. The molecule has 0 atom stereocenters. The molecule has 1 aromatic heterocycles. The van der Waals surface area contributed by atoms with Gasteiger partial charge >= 0.3 is 11.5 Å². The van der Waals surface area contributed by atoms with E-state index in [4.69, 9.17) is 11.6 Å². The first-order valence-electron chi connectivity index (χ1n) is 9.00. The Morgan fingerprint density at radius 2 is 1.80 bits per heavy atom. The Morgan fingerprint density at radius 3 is 2.47 bits per heavy atom. The highest BCUT2D eigenvalue weighted by atomic mass is 35.5. The number of hydrogen-bond acceptors (Lipinski definition) is 5. The van der Waals surface area contributed by atoms with Crippen molar-refractivity contribution in [1.82, 2.24) is 9.88 Å². The number of carbonyl (C=O) groups is 1. The van der Waals surface area contributed by atoms with E-state index in [0.29, 0.717) is 36.9 Å². The number of anilines is 2. The highest BCUT2D eigenvalue weighted by molar-refractivity contribution is 8.00. The minimum absolute atomic E-state index is 0.0752. The highest BCUT2D eigenvalue weighted by Crippen LogP contribution is 2.37. The molecule has 30 heavy (non-hydrogen) atoms. The molecular formula is C19H16ClF3N4OS2. The number of carbonyl (C=O) groups excluding carboxylic acids is 1. The molecule has 0 aliphatic carbocycles. The summed E-state index contributed by atoms with van der Waals surface area (Å²) < 4.78 is 38.2. The smallest absolute Gasteiger partial charge is 0.345 e. The van der Waals surface area contributed by atoms with Crippen molar-refractivity contribution >= 4 is 61.8 Å². The van der Waals surface area contributed by atoms with Crippen LogP contribution in [0.1, 0.15) is 0 Å². The van der Waals surface area contributed by atoms with Crippen LogP contribution in [0.3, 0.4) is 0 Å². The third-order valence-electron chi connectivity index (χ3n) is 4.52. The van der Waals surface area contributed by atoms with Crippen molar-refractivity contribution in [3.63, 3.8) is 0 Å². The number of nitrogens with one attached hydrogen (secondary N) is 1. The predicted octanol–water partition coefficient (Wildman–Crippen LogP) is 5.92. The monoisotopic (exact) mass is 472 g/mol. The van der Waals surface area contributed by atoms with Crippen molar-refractivity contribution in [3.05, 3.63) is 47.5 Å². The molecular weight excluding hydrogens is 457 g/mol. The van der Waals surface area contributed by atoms with E-state index in [1.54, 1.807) is 16.2 Å². The third kappa shape index (κ3) is 5.11. The predicted molar refractivity (Wildman–Crippen MR) is 116 cm³/mol. The van der Waals surface area contributed by atoms with Gasteiger partial charge in [0.2, 0.25) is 0 Å². The summed E-state index contributed by atoms with van der Waals surface area (Å²) in [4.78, 5) is 21.0. The SMILES string of the molecule is O=C(Nc1ccc(SC(F)(F)F)cc1)N1CCN(c2nc3ccc(Cl)cc3s2)CC1. The highest BCUT2D eigenvalue weighted by Gasteiger charge is 2.29. The van der Waals surface area contributed by atoms with Crippen LogP contribution in [0.2, 0.25) is 5.02 Å². The summed E-state index contributed by atoms with van der Waals surface area (Å²) in [5, 5.41) is 4.30. The second-order valence-electron chi connectivity index (χ2n) is 6.58. The molecule has 1 aliphatic heterocycles. The molecule has 158 valence electrons. The summed E-state index contributed by atoms with van der Waals surface area (Å²) in [6.45, 7) is 2.32. The molecule has 2 heterocycles. The van der Waals surface area contributed by atoms with Gasteiger partial charge in [-0.25, -0.2) is 9.78 Å². The number of alkyl halides is 3. The Hall–Kier alpha value is -2.17. The largest absolute Gasteiger partial charge is 0.446 e. The van der Waals surface area contributed by atoms with Crippen LogP contribution in [0.4, 0.5) is 28.8 Å². The molecule has 0 radical (unpaired) electrons. The van der Waals surface area contributed by atoms with Crippen molar-refractivity contribution in [2.75, 3.05) is 36.4 Å². The van der Waals surface area contributed by atoms with E-state index in [0.717, 1.165) is 15.3 Å². The minimum atomic E-state index is -4.33. The Kier molecular flexibility index (Phi) is 5.99. The van der Waals surface area contributed by atoms with Crippen molar-refractivity contribution in [2.45, 2.75) is 10.4 Å². The molecule has 1 fully saturated rings. The van der Waals surface area contributed by atoms with Gasteiger partial charge in [-0.1, -0.05) is 22.9 Å². The molecule has 5 nitrogen and oxygen atoms in total. The quantitative estimate of drug-likeness (QED) is 0.481. The van der Waals surface area contributed by atoms with Gasteiger partial charge in [0.05, 0.1) is 10.2 Å². The standard InChI is InChI=1S/C19H16ClF3N4OS2/c20-12-1-6-15-16(11-12)29-18(25-15)27-9-7-26(8-10-27)17(28)24-13-2-4-14(5-3-13)30-19(21,22)23/h1-6,11H,7-10H2,(H,24,28). The Bertz CT molecular complexity index is 1050. The van der Waals surface area contributed by atoms with Gasteiger partial charge in [0.1, 0.15) is 0 Å². The lowest BCUT2D eigenvalue weighted by atomic mass is 10.3. The molecule has 0 saturated carbocycles. The number of thiazole rings is 1. The molecule has 1 saturated heterocycles. The first-order valence-corrected chi connectivity index (χ1v) is 11.0. The molecule has 0 spiro atoms. The summed E-state index contributed by atoms with van der Waals surface area (Å²) in [5.41, 5.74) is -2.98. The summed E-state index contributed by atoms with van der Waals surface area (Å²) in [7, 11) is 0. The molecule has 4 rings (SSSR count). The van der Waals surface area contributed by atoms with Crippen LogP contribution >= 0.6 is 34.7 Å². The van der Waals surface area contributed by atoms with Crippen LogP contribution in [0.15, 0.2) is 47.4 Å². The number of thioether (sulfide) groups is 1. The van der Waals surface area contributed by atoms with Gasteiger partial charge in [-0.15, -0.1) is 0 Å². The van der Waals surface area contributed by atoms with Crippen LogP contribution in [-0.2, 0) is 0 Å². The van der Waals surface area contributed by atoms with Gasteiger partial charge in [-0.05, 0) is 54.2 Å². The normalized spacial score (nSPS) is 14.9. The van der Waals surface area contributed by atoms with E-state index in [1.807, 2.05) is 18.2 Å². The van der Waals surface area contributed by atoms with E-state index < -0.39 is 5.51 Å². The maximum absolute atomic E-state index is 12.5. The van der Waals surface area contributed by atoms with E-state index in [1.165, 1.54) is 24.3 Å². The van der Waals surface area contributed by atoms with Crippen LogP contribution in [-0.4, -0.2) is 47.6 Å². The number of amides is 2. The fourth-order valence-corrected chi connectivity index (χ4v) is 4.90. The van der Waals surface area contributed by atoms with Crippen molar-refractivity contribution in [3.8, 4) is 0 Å². The van der Waals surface area contributed by atoms with Gasteiger partial charge < -0.3 is 15.1 Å². The number of benzene rings is 2. The number of urea groups is 1. The Labute approximate surface area is 183 Å². The molecule has 2 aromatic carbocycles. The van der Waals surface area contributed by atoms with Crippen molar-refractivity contribution in [1.29, 1.82) is 0 Å². The summed E-state index contributed by atoms with van der Waals surface area (Å²) in [5.74, 6) is 0. The molecule has 2 amide bonds. The first kappa shape index (κ1) is 21.1. The fourth-order valence-electron chi connectivity index (χ4n) is 3.06. The van der Waals surface area contributed by atoms with Gasteiger partial charge in [-0.3, -0.25) is 0 Å². The van der Waals surface area contributed by atoms with Gasteiger partial charge in [0.15, 0.2) is 5.13 Å². The first-order chi connectivity index (χ1) is 14.3.